The summed E-state index contributed by atoms with van der Waals surface area (Å²) in [4.78, 5) is 15.6. The van der Waals surface area contributed by atoms with Gasteiger partial charge in [0.05, 0.1) is 33.5 Å². The largest absolute Gasteiger partial charge is 0.309 e. The van der Waals surface area contributed by atoms with E-state index in [9.17, 15) is 0 Å². The van der Waals surface area contributed by atoms with Gasteiger partial charge in [-0.25, -0.2) is 15.0 Å². The maximum atomic E-state index is 5.33. The van der Waals surface area contributed by atoms with Crippen molar-refractivity contribution in [3.05, 3.63) is 218 Å². The average molecular weight is 777 g/mol. The van der Waals surface area contributed by atoms with Crippen molar-refractivity contribution in [2.75, 3.05) is 0 Å². The summed E-state index contributed by atoms with van der Waals surface area (Å²) in [6, 6.07) is 77.3. The summed E-state index contributed by atoms with van der Waals surface area (Å²) in [5.74, 6) is 0.712. The molecular weight excluding hydrogens is 741 g/mol. The molecule has 0 bridgehead atoms. The molecule has 0 spiro atoms. The number of pyridine rings is 1. The van der Waals surface area contributed by atoms with Crippen LogP contribution in [0, 0.1) is 0 Å². The van der Waals surface area contributed by atoms with Gasteiger partial charge in [-0.2, -0.15) is 0 Å². The Morgan fingerprint density at radius 3 is 1.52 bits per heavy atom. The third-order valence-corrected chi connectivity index (χ3v) is 12.0. The molecule has 3 heterocycles. The number of benzene rings is 9. The SMILES string of the molecule is c1ccc(-c2cccc(-c3nc(-c4ccc(-c5ccc(-c6nc7ccccc7c7c6ccc6c7c7ccccc7n6-c6ccccc6)cc5)cc4)c4ccccc4n3)c2)cc1. The van der Waals surface area contributed by atoms with Gasteiger partial charge in [-0.05, 0) is 64.7 Å². The van der Waals surface area contributed by atoms with Crippen LogP contribution in [-0.4, -0.2) is 19.5 Å². The molecule has 4 heteroatoms. The molecule has 12 rings (SSSR count). The number of fused-ring (bicyclic) bond motifs is 8. The Hall–Kier alpha value is -8.21. The molecule has 0 radical (unpaired) electrons. The number of para-hydroxylation sites is 4. The molecule has 0 atom stereocenters. The Kier molecular flexibility index (Phi) is 8.13. The van der Waals surface area contributed by atoms with Crippen molar-refractivity contribution < 1.29 is 0 Å². The van der Waals surface area contributed by atoms with Crippen LogP contribution in [-0.2, 0) is 0 Å². The van der Waals surface area contributed by atoms with Crippen molar-refractivity contribution >= 4 is 54.4 Å². The number of rotatable bonds is 6. The highest BCUT2D eigenvalue weighted by Gasteiger charge is 2.20. The maximum Gasteiger partial charge on any atom is 0.160 e. The summed E-state index contributed by atoms with van der Waals surface area (Å²) in [7, 11) is 0. The number of hydrogen-bond donors (Lipinski definition) is 0. The molecular formula is C57H36N4. The summed E-state index contributed by atoms with van der Waals surface area (Å²) >= 11 is 0. The van der Waals surface area contributed by atoms with Crippen LogP contribution in [0.4, 0.5) is 0 Å². The van der Waals surface area contributed by atoms with Crippen molar-refractivity contribution in [2.45, 2.75) is 0 Å². The van der Waals surface area contributed by atoms with Gasteiger partial charge in [0.1, 0.15) is 0 Å². The van der Waals surface area contributed by atoms with E-state index in [1.54, 1.807) is 0 Å². The van der Waals surface area contributed by atoms with Crippen LogP contribution in [0.25, 0.3) is 116 Å². The average Bonchev–Trinajstić information content (AvgIpc) is 3.68. The molecule has 9 aromatic carbocycles. The third-order valence-electron chi connectivity index (χ3n) is 12.0. The minimum absolute atomic E-state index is 0.712. The first-order valence-electron chi connectivity index (χ1n) is 20.7. The van der Waals surface area contributed by atoms with Gasteiger partial charge in [0, 0.05) is 54.7 Å². The minimum Gasteiger partial charge on any atom is -0.309 e. The molecule has 0 saturated heterocycles. The summed E-state index contributed by atoms with van der Waals surface area (Å²) in [5.41, 5.74) is 15.0. The van der Waals surface area contributed by atoms with Crippen molar-refractivity contribution in [1.82, 2.24) is 19.5 Å². The first-order chi connectivity index (χ1) is 30.2. The van der Waals surface area contributed by atoms with E-state index in [1.165, 1.54) is 32.8 Å². The first-order valence-corrected chi connectivity index (χ1v) is 20.7. The van der Waals surface area contributed by atoms with Gasteiger partial charge in [-0.3, -0.25) is 0 Å². The Morgan fingerprint density at radius 1 is 0.279 bits per heavy atom. The van der Waals surface area contributed by atoms with Crippen LogP contribution in [0.5, 0.6) is 0 Å². The van der Waals surface area contributed by atoms with E-state index in [4.69, 9.17) is 15.0 Å². The van der Waals surface area contributed by atoms with Gasteiger partial charge in [0.15, 0.2) is 5.82 Å². The lowest BCUT2D eigenvalue weighted by Gasteiger charge is -2.13. The highest BCUT2D eigenvalue weighted by Crippen LogP contribution is 2.42. The normalized spacial score (nSPS) is 11.6. The van der Waals surface area contributed by atoms with E-state index in [0.29, 0.717) is 5.82 Å². The van der Waals surface area contributed by atoms with Crippen LogP contribution < -0.4 is 0 Å². The standard InChI is InChI=1S/C57H36N4/c1-3-14-37(15-4-1)42-16-13-17-43(36-42)57-59-50-24-11-8-21-46(50)55(60-57)40-30-26-38(27-31-40)39-28-32-41(33-29-39)56-48-34-35-52-54(53(48)45-20-7-10-23-49(45)58-56)47-22-9-12-25-51(47)61(52)44-18-5-2-6-19-44/h1-36H. The van der Waals surface area contributed by atoms with Gasteiger partial charge in [0.2, 0.25) is 0 Å². The van der Waals surface area contributed by atoms with Crippen LogP contribution in [0.3, 0.4) is 0 Å². The fraction of sp³-hybridized carbons (Fsp3) is 0. The van der Waals surface area contributed by atoms with Gasteiger partial charge in [-0.15, -0.1) is 0 Å². The summed E-state index contributed by atoms with van der Waals surface area (Å²) in [6.45, 7) is 0. The lowest BCUT2D eigenvalue weighted by Crippen LogP contribution is -1.95. The third kappa shape index (κ3) is 5.88. The predicted molar refractivity (Wildman–Crippen MR) is 254 cm³/mol. The second kappa shape index (κ2) is 14.3. The van der Waals surface area contributed by atoms with Gasteiger partial charge >= 0.3 is 0 Å². The van der Waals surface area contributed by atoms with E-state index < -0.39 is 0 Å². The van der Waals surface area contributed by atoms with Crippen LogP contribution in [0.2, 0.25) is 0 Å². The Balaban J connectivity index is 0.931. The van der Waals surface area contributed by atoms with Crippen molar-refractivity contribution in [3.63, 3.8) is 0 Å². The monoisotopic (exact) mass is 776 g/mol. The lowest BCUT2D eigenvalue weighted by atomic mass is 9.95. The van der Waals surface area contributed by atoms with E-state index in [0.717, 1.165) is 77.6 Å². The maximum absolute atomic E-state index is 5.33. The smallest absolute Gasteiger partial charge is 0.160 e. The minimum atomic E-state index is 0.712. The molecule has 0 aliphatic rings. The molecule has 4 nitrogen and oxygen atoms in total. The highest BCUT2D eigenvalue weighted by atomic mass is 15.0. The zero-order chi connectivity index (χ0) is 40.3. The second-order valence-corrected chi connectivity index (χ2v) is 15.6. The van der Waals surface area contributed by atoms with Crippen LogP contribution in [0.1, 0.15) is 0 Å². The Morgan fingerprint density at radius 2 is 0.803 bits per heavy atom. The van der Waals surface area contributed by atoms with E-state index >= 15 is 0 Å². The van der Waals surface area contributed by atoms with Gasteiger partial charge < -0.3 is 4.57 Å². The quantitative estimate of drug-likeness (QED) is 0.158. The highest BCUT2D eigenvalue weighted by molar-refractivity contribution is 6.29. The van der Waals surface area contributed by atoms with Crippen molar-refractivity contribution in [2.24, 2.45) is 0 Å². The zero-order valence-corrected chi connectivity index (χ0v) is 33.1. The zero-order valence-electron chi connectivity index (χ0n) is 33.1. The Bertz CT molecular complexity index is 3610. The molecule has 0 fully saturated rings. The summed E-state index contributed by atoms with van der Waals surface area (Å²) in [5, 5.41) is 7.04. The molecule has 0 aliphatic heterocycles. The van der Waals surface area contributed by atoms with Crippen molar-refractivity contribution in [3.8, 4) is 61.8 Å². The molecule has 0 amide bonds. The number of hydrogen-bond acceptors (Lipinski definition) is 3. The molecule has 12 aromatic rings. The molecule has 3 aromatic heterocycles. The molecule has 284 valence electrons. The first kappa shape index (κ1) is 34.8. The molecule has 61 heavy (non-hydrogen) atoms. The fourth-order valence-electron chi connectivity index (χ4n) is 9.11. The summed E-state index contributed by atoms with van der Waals surface area (Å²) in [6.07, 6.45) is 0. The van der Waals surface area contributed by atoms with E-state index in [1.807, 2.05) is 12.1 Å². The molecule has 0 aliphatic carbocycles. The number of aromatic nitrogens is 4. The topological polar surface area (TPSA) is 43.6 Å². The number of nitrogens with zero attached hydrogens (tertiary/aromatic N) is 4. The lowest BCUT2D eigenvalue weighted by molar-refractivity contribution is 1.18. The second-order valence-electron chi connectivity index (χ2n) is 15.6. The molecule has 0 saturated carbocycles. The van der Waals surface area contributed by atoms with Crippen molar-refractivity contribution in [1.29, 1.82) is 0 Å². The molecule has 0 unspecified atom stereocenters. The summed E-state index contributed by atoms with van der Waals surface area (Å²) < 4.78 is 2.38. The van der Waals surface area contributed by atoms with Gasteiger partial charge in [0.25, 0.3) is 0 Å². The van der Waals surface area contributed by atoms with E-state index in [2.05, 4.69) is 211 Å². The van der Waals surface area contributed by atoms with E-state index in [-0.39, 0.29) is 0 Å². The van der Waals surface area contributed by atoms with Crippen LogP contribution >= 0.6 is 0 Å². The van der Waals surface area contributed by atoms with Gasteiger partial charge in [-0.1, -0.05) is 176 Å². The fourth-order valence-corrected chi connectivity index (χ4v) is 9.11. The molecule has 0 N–H and O–H groups in total. The van der Waals surface area contributed by atoms with Crippen LogP contribution in [0.15, 0.2) is 218 Å². The predicted octanol–water partition coefficient (Wildman–Crippen LogP) is 14.8. The Labute approximate surface area is 352 Å².